The van der Waals surface area contributed by atoms with Crippen molar-refractivity contribution in [3.05, 3.63) is 29.8 Å². The summed E-state index contributed by atoms with van der Waals surface area (Å²) in [4.78, 5) is 0. The zero-order valence-electron chi connectivity index (χ0n) is 11.8. The molecule has 0 radical (unpaired) electrons. The van der Waals surface area contributed by atoms with Crippen LogP contribution in [-0.4, -0.2) is 13.0 Å². The van der Waals surface area contributed by atoms with E-state index in [1.807, 2.05) is 12.1 Å². The van der Waals surface area contributed by atoms with Gasteiger partial charge in [-0.2, -0.15) is 0 Å². The molecule has 0 aliphatic carbocycles. The van der Waals surface area contributed by atoms with Crippen LogP contribution in [0.4, 0.5) is 0 Å². The third-order valence-electron chi connectivity index (χ3n) is 3.85. The molecule has 18 heavy (non-hydrogen) atoms. The first-order chi connectivity index (χ1) is 8.71. The van der Waals surface area contributed by atoms with Gasteiger partial charge in [0.15, 0.2) is 0 Å². The van der Waals surface area contributed by atoms with E-state index in [-0.39, 0.29) is 5.41 Å². The molecule has 0 heterocycles. The monoisotopic (exact) mass is 268 g/mol. The van der Waals surface area contributed by atoms with Gasteiger partial charge in [0, 0.05) is 5.88 Å². The maximum Gasteiger partial charge on any atom is 0.122 e. The van der Waals surface area contributed by atoms with Crippen molar-refractivity contribution in [2.45, 2.75) is 46.0 Å². The van der Waals surface area contributed by atoms with Gasteiger partial charge in [-0.15, -0.1) is 11.6 Å². The molecule has 1 atom stereocenters. The lowest BCUT2D eigenvalue weighted by atomic mass is 9.77. The highest BCUT2D eigenvalue weighted by atomic mass is 35.5. The number of rotatable bonds is 8. The number of unbranched alkanes of at least 4 members (excludes halogenated alkanes) is 1. The molecule has 1 aromatic carbocycles. The Kier molecular flexibility index (Phi) is 6.56. The fourth-order valence-corrected chi connectivity index (χ4v) is 2.82. The van der Waals surface area contributed by atoms with Crippen LogP contribution in [0, 0.1) is 5.41 Å². The molecule has 0 amide bonds. The second-order valence-electron chi connectivity index (χ2n) is 5.08. The van der Waals surface area contributed by atoms with Crippen LogP contribution < -0.4 is 4.74 Å². The quantitative estimate of drug-likeness (QED) is 0.599. The Morgan fingerprint density at radius 3 is 2.50 bits per heavy atom. The molecular weight excluding hydrogens is 244 g/mol. The molecule has 0 spiro atoms. The van der Waals surface area contributed by atoms with Crippen LogP contribution in [0.25, 0.3) is 0 Å². The minimum Gasteiger partial charge on any atom is -0.496 e. The number of hydrogen-bond acceptors (Lipinski definition) is 1. The number of para-hydroxylation sites is 1. The molecule has 2 heteroatoms. The molecule has 0 aliphatic heterocycles. The van der Waals surface area contributed by atoms with Crippen molar-refractivity contribution in [3.8, 4) is 5.75 Å². The standard InChI is InChI=1S/C16H25ClO/c1-4-6-11-16(5-2,13-17)12-14-9-7-8-10-15(14)18-3/h7-10H,4-6,11-13H2,1-3H3. The lowest BCUT2D eigenvalue weighted by Crippen LogP contribution is -2.25. The van der Waals surface area contributed by atoms with Crippen molar-refractivity contribution in [2.75, 3.05) is 13.0 Å². The maximum atomic E-state index is 6.26. The Morgan fingerprint density at radius 2 is 1.94 bits per heavy atom. The van der Waals surface area contributed by atoms with Crippen LogP contribution >= 0.6 is 11.6 Å². The number of ether oxygens (including phenoxy) is 1. The van der Waals surface area contributed by atoms with Crippen molar-refractivity contribution in [1.29, 1.82) is 0 Å². The van der Waals surface area contributed by atoms with Gasteiger partial charge in [-0.3, -0.25) is 0 Å². The van der Waals surface area contributed by atoms with E-state index >= 15 is 0 Å². The fourth-order valence-electron chi connectivity index (χ4n) is 2.40. The number of hydrogen-bond donors (Lipinski definition) is 0. The Labute approximate surface area is 116 Å². The zero-order chi connectivity index (χ0) is 13.4. The van der Waals surface area contributed by atoms with E-state index in [1.54, 1.807) is 7.11 Å². The average molecular weight is 269 g/mol. The third-order valence-corrected chi connectivity index (χ3v) is 4.42. The largest absolute Gasteiger partial charge is 0.496 e. The molecule has 1 unspecified atom stereocenters. The van der Waals surface area contributed by atoms with Gasteiger partial charge in [-0.25, -0.2) is 0 Å². The number of halogens is 1. The van der Waals surface area contributed by atoms with E-state index in [0.717, 1.165) is 24.5 Å². The van der Waals surface area contributed by atoms with Crippen molar-refractivity contribution in [3.63, 3.8) is 0 Å². The van der Waals surface area contributed by atoms with Gasteiger partial charge in [-0.05, 0) is 36.3 Å². The summed E-state index contributed by atoms with van der Waals surface area (Å²) in [6.07, 6.45) is 5.80. The second-order valence-corrected chi connectivity index (χ2v) is 5.35. The first-order valence-electron chi connectivity index (χ1n) is 6.89. The van der Waals surface area contributed by atoms with E-state index in [2.05, 4.69) is 26.0 Å². The molecule has 0 aliphatic rings. The smallest absolute Gasteiger partial charge is 0.122 e. The predicted octanol–water partition coefficient (Wildman–Crippen LogP) is 5.06. The molecule has 1 nitrogen and oxygen atoms in total. The van der Waals surface area contributed by atoms with Gasteiger partial charge < -0.3 is 4.74 Å². The molecule has 1 aromatic rings. The fraction of sp³-hybridized carbons (Fsp3) is 0.625. The summed E-state index contributed by atoms with van der Waals surface area (Å²) in [6, 6.07) is 8.28. The Morgan fingerprint density at radius 1 is 1.22 bits per heavy atom. The van der Waals surface area contributed by atoms with Gasteiger partial charge in [0.05, 0.1) is 7.11 Å². The summed E-state index contributed by atoms with van der Waals surface area (Å²) >= 11 is 6.26. The molecule has 102 valence electrons. The summed E-state index contributed by atoms with van der Waals surface area (Å²) in [5, 5.41) is 0. The first-order valence-corrected chi connectivity index (χ1v) is 7.42. The van der Waals surface area contributed by atoms with Crippen LogP contribution in [-0.2, 0) is 6.42 Å². The van der Waals surface area contributed by atoms with E-state index in [0.29, 0.717) is 0 Å². The highest BCUT2D eigenvalue weighted by molar-refractivity contribution is 6.18. The second kappa shape index (κ2) is 7.68. The summed E-state index contributed by atoms with van der Waals surface area (Å²) in [5.41, 5.74) is 1.49. The zero-order valence-corrected chi connectivity index (χ0v) is 12.6. The highest BCUT2D eigenvalue weighted by Gasteiger charge is 2.28. The molecule has 0 saturated carbocycles. The van der Waals surface area contributed by atoms with Crippen molar-refractivity contribution in [1.82, 2.24) is 0 Å². The molecule has 1 rings (SSSR count). The summed E-state index contributed by atoms with van der Waals surface area (Å²) in [6.45, 7) is 4.48. The molecule has 0 saturated heterocycles. The van der Waals surface area contributed by atoms with Gasteiger partial charge >= 0.3 is 0 Å². The molecule has 0 bridgehead atoms. The predicted molar refractivity (Wildman–Crippen MR) is 79.7 cm³/mol. The lowest BCUT2D eigenvalue weighted by molar-refractivity contribution is 0.274. The summed E-state index contributed by atoms with van der Waals surface area (Å²) < 4.78 is 5.44. The van der Waals surface area contributed by atoms with E-state index in [9.17, 15) is 0 Å². The number of benzene rings is 1. The van der Waals surface area contributed by atoms with E-state index in [1.165, 1.54) is 24.8 Å². The Hall–Kier alpha value is -0.690. The van der Waals surface area contributed by atoms with E-state index in [4.69, 9.17) is 16.3 Å². The third kappa shape index (κ3) is 3.91. The van der Waals surface area contributed by atoms with Crippen LogP contribution in [0.3, 0.4) is 0 Å². The molecule has 0 fully saturated rings. The van der Waals surface area contributed by atoms with Gasteiger partial charge in [0.2, 0.25) is 0 Å². The minimum absolute atomic E-state index is 0.214. The summed E-state index contributed by atoms with van der Waals surface area (Å²) in [7, 11) is 1.74. The SMILES string of the molecule is CCCCC(CC)(CCl)Cc1ccccc1OC. The van der Waals surface area contributed by atoms with Crippen LogP contribution in [0.2, 0.25) is 0 Å². The summed E-state index contributed by atoms with van der Waals surface area (Å²) in [5.74, 6) is 1.71. The van der Waals surface area contributed by atoms with Crippen molar-refractivity contribution in [2.24, 2.45) is 5.41 Å². The molecule has 0 N–H and O–H groups in total. The van der Waals surface area contributed by atoms with Crippen LogP contribution in [0.5, 0.6) is 5.75 Å². The molecular formula is C16H25ClO. The minimum atomic E-state index is 0.214. The highest BCUT2D eigenvalue weighted by Crippen LogP contribution is 2.36. The van der Waals surface area contributed by atoms with Crippen LogP contribution in [0.1, 0.15) is 45.1 Å². The Balaban J connectivity index is 2.88. The van der Waals surface area contributed by atoms with E-state index < -0.39 is 0 Å². The first kappa shape index (κ1) is 15.4. The number of methoxy groups -OCH3 is 1. The van der Waals surface area contributed by atoms with Gasteiger partial charge in [-0.1, -0.05) is 44.9 Å². The maximum absolute atomic E-state index is 6.26. The van der Waals surface area contributed by atoms with Crippen molar-refractivity contribution < 1.29 is 4.74 Å². The van der Waals surface area contributed by atoms with Crippen LogP contribution in [0.15, 0.2) is 24.3 Å². The van der Waals surface area contributed by atoms with Gasteiger partial charge in [0.25, 0.3) is 0 Å². The topological polar surface area (TPSA) is 9.23 Å². The lowest BCUT2D eigenvalue weighted by Gasteiger charge is -2.31. The van der Waals surface area contributed by atoms with Gasteiger partial charge in [0.1, 0.15) is 5.75 Å². The average Bonchev–Trinajstić information content (AvgIpc) is 2.44. The Bertz CT molecular complexity index is 345. The normalized spacial score (nSPS) is 14.2. The van der Waals surface area contributed by atoms with Crippen molar-refractivity contribution >= 4 is 11.6 Å². The molecule has 0 aromatic heterocycles. The number of alkyl halides is 1.